The lowest BCUT2D eigenvalue weighted by Crippen LogP contribution is -2.13. The first kappa shape index (κ1) is 16.4. The zero-order chi connectivity index (χ0) is 16.1. The molecular formula is C18H23N2OSi. The highest BCUT2D eigenvalue weighted by molar-refractivity contribution is 6.49. The van der Waals surface area contributed by atoms with Crippen molar-refractivity contribution in [2.75, 3.05) is 0 Å². The summed E-state index contributed by atoms with van der Waals surface area (Å²) in [4.78, 5) is 9.24. The summed E-state index contributed by atoms with van der Waals surface area (Å²) >= 11 is 0. The minimum Gasteiger partial charge on any atom is -0.542 e. The van der Waals surface area contributed by atoms with Crippen LogP contribution >= 0.6 is 0 Å². The van der Waals surface area contributed by atoms with Gasteiger partial charge in [-0.2, -0.15) is 0 Å². The Morgan fingerprint density at radius 3 is 2.55 bits per heavy atom. The number of aromatic nitrogens is 1. The summed E-state index contributed by atoms with van der Waals surface area (Å²) in [6.45, 7) is 10.4. The number of rotatable bonds is 5. The van der Waals surface area contributed by atoms with Crippen LogP contribution in [0.1, 0.15) is 36.7 Å². The van der Waals surface area contributed by atoms with E-state index in [0.29, 0.717) is 0 Å². The molecule has 1 atom stereocenters. The molecule has 0 saturated carbocycles. The summed E-state index contributed by atoms with van der Waals surface area (Å²) in [5.74, 6) is 0.947. The van der Waals surface area contributed by atoms with Gasteiger partial charge in [0, 0.05) is 11.8 Å². The molecule has 0 spiro atoms. The molecule has 0 fully saturated rings. The summed E-state index contributed by atoms with van der Waals surface area (Å²) in [5.41, 5.74) is 4.15. The summed E-state index contributed by atoms with van der Waals surface area (Å²) < 4.78 is 5.99. The molecule has 22 heavy (non-hydrogen) atoms. The number of para-hydroxylation sites is 1. The fourth-order valence-electron chi connectivity index (χ4n) is 2.25. The van der Waals surface area contributed by atoms with Gasteiger partial charge < -0.3 is 4.43 Å². The molecule has 1 unspecified atom stereocenters. The SMILES string of the molecule is CC(=NC(C)c1ccccc1O[Si](C)C)c1ccc(C)cn1. The molecule has 1 radical (unpaired) electrons. The van der Waals surface area contributed by atoms with Crippen LogP contribution in [0, 0.1) is 6.92 Å². The van der Waals surface area contributed by atoms with E-state index in [0.717, 1.165) is 28.3 Å². The Morgan fingerprint density at radius 2 is 1.91 bits per heavy atom. The molecule has 0 N–H and O–H groups in total. The van der Waals surface area contributed by atoms with E-state index in [1.165, 1.54) is 0 Å². The van der Waals surface area contributed by atoms with Gasteiger partial charge in [0.2, 0.25) is 0 Å². The maximum absolute atomic E-state index is 5.99. The predicted octanol–water partition coefficient (Wildman–Crippen LogP) is 4.59. The molecule has 4 heteroatoms. The van der Waals surface area contributed by atoms with E-state index in [-0.39, 0.29) is 6.04 Å². The van der Waals surface area contributed by atoms with E-state index >= 15 is 0 Å². The van der Waals surface area contributed by atoms with Crippen molar-refractivity contribution in [3.05, 3.63) is 59.4 Å². The van der Waals surface area contributed by atoms with Crippen molar-refractivity contribution in [3.63, 3.8) is 0 Å². The van der Waals surface area contributed by atoms with Gasteiger partial charge in [-0.05, 0) is 51.6 Å². The van der Waals surface area contributed by atoms with Crippen LogP contribution in [0.4, 0.5) is 0 Å². The van der Waals surface area contributed by atoms with Gasteiger partial charge in [-0.15, -0.1) is 0 Å². The lowest BCUT2D eigenvalue weighted by Gasteiger charge is -2.16. The first-order chi connectivity index (χ1) is 10.5. The fourth-order valence-corrected chi connectivity index (χ4v) is 2.87. The molecule has 0 amide bonds. The van der Waals surface area contributed by atoms with Gasteiger partial charge in [0.15, 0.2) is 0 Å². The molecule has 3 nitrogen and oxygen atoms in total. The second-order valence-corrected chi connectivity index (χ2v) is 7.68. The third kappa shape index (κ3) is 4.27. The number of benzene rings is 1. The van der Waals surface area contributed by atoms with Gasteiger partial charge in [0.25, 0.3) is 9.04 Å². The summed E-state index contributed by atoms with van der Waals surface area (Å²) in [7, 11) is -0.787. The Labute approximate surface area is 134 Å². The van der Waals surface area contributed by atoms with E-state index in [2.05, 4.69) is 37.1 Å². The highest BCUT2D eigenvalue weighted by Gasteiger charge is 2.12. The fraction of sp³-hybridized carbons (Fsp3) is 0.333. The Morgan fingerprint density at radius 1 is 1.18 bits per heavy atom. The lowest BCUT2D eigenvalue weighted by molar-refractivity contribution is 0.563. The molecular weight excluding hydrogens is 288 g/mol. The normalized spacial score (nSPS) is 13.3. The number of pyridine rings is 1. The number of aryl methyl sites for hydroxylation is 1. The molecule has 0 bridgehead atoms. The largest absolute Gasteiger partial charge is 0.542 e. The van der Waals surface area contributed by atoms with E-state index in [4.69, 9.17) is 9.42 Å². The summed E-state index contributed by atoms with van der Waals surface area (Å²) in [5, 5.41) is 0. The number of aliphatic imine (C=N–C) groups is 1. The Bertz CT molecular complexity index is 650. The van der Waals surface area contributed by atoms with Crippen molar-refractivity contribution >= 4 is 14.8 Å². The van der Waals surface area contributed by atoms with Gasteiger partial charge in [0.05, 0.1) is 17.4 Å². The van der Waals surface area contributed by atoms with Crippen molar-refractivity contribution in [3.8, 4) is 5.75 Å². The molecule has 0 aliphatic carbocycles. The first-order valence-corrected chi connectivity index (χ1v) is 9.92. The smallest absolute Gasteiger partial charge is 0.274 e. The topological polar surface area (TPSA) is 34.5 Å². The monoisotopic (exact) mass is 311 g/mol. The molecule has 115 valence electrons. The van der Waals surface area contributed by atoms with Gasteiger partial charge in [-0.1, -0.05) is 24.3 Å². The quantitative estimate of drug-likeness (QED) is 0.598. The molecule has 1 aromatic heterocycles. The Balaban J connectivity index is 2.26. The predicted molar refractivity (Wildman–Crippen MR) is 94.2 cm³/mol. The van der Waals surface area contributed by atoms with Crippen LogP contribution in [-0.2, 0) is 0 Å². The van der Waals surface area contributed by atoms with E-state index in [9.17, 15) is 0 Å². The zero-order valence-electron chi connectivity index (χ0n) is 13.9. The molecule has 0 aliphatic heterocycles. The Hall–Kier alpha value is -1.94. The second kappa shape index (κ2) is 7.36. The maximum atomic E-state index is 5.99. The van der Waals surface area contributed by atoms with Crippen LogP contribution in [0.15, 0.2) is 47.6 Å². The minimum absolute atomic E-state index is 0.0423. The standard InChI is InChI=1S/C18H23N2OSi/c1-13-10-11-17(19-12-13)15(3)20-14(2)16-8-6-7-9-18(16)21-22(4)5/h6-12,14H,1-5H3. The van der Waals surface area contributed by atoms with Crippen molar-refractivity contribution in [2.24, 2.45) is 4.99 Å². The molecule has 2 aromatic rings. The zero-order valence-corrected chi connectivity index (χ0v) is 14.9. The van der Waals surface area contributed by atoms with Gasteiger partial charge in [-0.3, -0.25) is 9.98 Å². The molecule has 1 aromatic carbocycles. The Kier molecular flexibility index (Phi) is 5.50. The first-order valence-electron chi connectivity index (χ1n) is 7.51. The van der Waals surface area contributed by atoms with Gasteiger partial charge in [0.1, 0.15) is 5.75 Å². The van der Waals surface area contributed by atoms with Crippen LogP contribution in [0.25, 0.3) is 0 Å². The third-order valence-corrected chi connectivity index (χ3v) is 3.98. The van der Waals surface area contributed by atoms with Crippen LogP contribution < -0.4 is 4.43 Å². The molecule has 1 heterocycles. The lowest BCUT2D eigenvalue weighted by atomic mass is 10.1. The maximum Gasteiger partial charge on any atom is 0.274 e. The average Bonchev–Trinajstić information content (AvgIpc) is 2.47. The summed E-state index contributed by atoms with van der Waals surface area (Å²) in [6, 6.07) is 12.3. The third-order valence-electron chi connectivity index (χ3n) is 3.35. The van der Waals surface area contributed by atoms with E-state index < -0.39 is 9.04 Å². The van der Waals surface area contributed by atoms with Crippen LogP contribution in [0.2, 0.25) is 13.1 Å². The van der Waals surface area contributed by atoms with Crippen molar-refractivity contribution in [2.45, 2.75) is 39.9 Å². The molecule has 2 rings (SSSR count). The van der Waals surface area contributed by atoms with Gasteiger partial charge in [-0.25, -0.2) is 0 Å². The minimum atomic E-state index is -0.787. The number of hydrogen-bond acceptors (Lipinski definition) is 3. The molecule has 0 aliphatic rings. The number of nitrogens with zero attached hydrogens (tertiary/aromatic N) is 2. The molecule has 0 saturated heterocycles. The van der Waals surface area contributed by atoms with Gasteiger partial charge >= 0.3 is 0 Å². The highest BCUT2D eigenvalue weighted by atomic mass is 28.3. The highest BCUT2D eigenvalue weighted by Crippen LogP contribution is 2.28. The van der Waals surface area contributed by atoms with E-state index in [1.54, 1.807) is 0 Å². The second-order valence-electron chi connectivity index (χ2n) is 5.66. The van der Waals surface area contributed by atoms with E-state index in [1.807, 2.05) is 44.3 Å². The van der Waals surface area contributed by atoms with Crippen LogP contribution in [-0.4, -0.2) is 19.7 Å². The van der Waals surface area contributed by atoms with Crippen molar-refractivity contribution < 1.29 is 4.43 Å². The van der Waals surface area contributed by atoms with Crippen molar-refractivity contribution in [1.29, 1.82) is 0 Å². The van der Waals surface area contributed by atoms with Crippen molar-refractivity contribution in [1.82, 2.24) is 4.98 Å². The van der Waals surface area contributed by atoms with Crippen LogP contribution in [0.5, 0.6) is 5.75 Å². The average molecular weight is 311 g/mol. The number of hydrogen-bond donors (Lipinski definition) is 0. The summed E-state index contributed by atoms with van der Waals surface area (Å²) in [6.07, 6.45) is 1.87. The van der Waals surface area contributed by atoms with Crippen LogP contribution in [0.3, 0.4) is 0 Å².